The molecule has 18 heavy (non-hydrogen) atoms. The topological polar surface area (TPSA) is 40.5 Å². The number of rotatable bonds is 2. The number of benzene rings is 2. The van der Waals surface area contributed by atoms with E-state index in [1.807, 2.05) is 13.8 Å². The Morgan fingerprint density at radius 2 is 1.28 bits per heavy atom. The van der Waals surface area contributed by atoms with Crippen LogP contribution in [0.1, 0.15) is 13.8 Å². The largest absolute Gasteiger partial charge is 0.465 e. The van der Waals surface area contributed by atoms with Gasteiger partial charge < -0.3 is 10.0 Å². The molecule has 0 saturated carbocycles. The number of hydrogen-bond acceptors (Lipinski definition) is 1. The van der Waals surface area contributed by atoms with E-state index in [9.17, 15) is 4.79 Å². The van der Waals surface area contributed by atoms with Gasteiger partial charge in [-0.2, -0.15) is 0 Å². The highest BCUT2D eigenvalue weighted by molar-refractivity contribution is 5.81. The first kappa shape index (κ1) is 14.0. The van der Waals surface area contributed by atoms with Crippen LogP contribution in [0.4, 0.5) is 4.79 Å². The van der Waals surface area contributed by atoms with Gasteiger partial charge in [-0.05, 0) is 24.6 Å². The number of nitrogens with zero attached hydrogens (tertiary/aromatic N) is 1. The van der Waals surface area contributed by atoms with E-state index in [0.29, 0.717) is 13.1 Å². The van der Waals surface area contributed by atoms with E-state index in [2.05, 4.69) is 48.5 Å². The molecular formula is C15H19NO2. The molecule has 0 aliphatic carbocycles. The zero-order valence-electron chi connectivity index (χ0n) is 10.8. The molecule has 0 fully saturated rings. The van der Waals surface area contributed by atoms with Crippen LogP contribution in [0.5, 0.6) is 0 Å². The highest BCUT2D eigenvalue weighted by atomic mass is 16.4. The van der Waals surface area contributed by atoms with Crippen molar-refractivity contribution in [3.63, 3.8) is 0 Å². The monoisotopic (exact) mass is 245 g/mol. The normalized spacial score (nSPS) is 9.44. The molecule has 2 rings (SSSR count). The van der Waals surface area contributed by atoms with E-state index >= 15 is 0 Å². The maximum atomic E-state index is 10.1. The Morgan fingerprint density at radius 3 is 1.44 bits per heavy atom. The van der Waals surface area contributed by atoms with Crippen LogP contribution in [0.15, 0.2) is 48.5 Å². The van der Waals surface area contributed by atoms with Crippen molar-refractivity contribution in [2.24, 2.45) is 0 Å². The van der Waals surface area contributed by atoms with Crippen molar-refractivity contribution in [2.75, 3.05) is 13.1 Å². The van der Waals surface area contributed by atoms with Crippen LogP contribution in [0.3, 0.4) is 0 Å². The predicted molar refractivity (Wildman–Crippen MR) is 74.9 cm³/mol. The van der Waals surface area contributed by atoms with Gasteiger partial charge in [-0.15, -0.1) is 0 Å². The van der Waals surface area contributed by atoms with E-state index < -0.39 is 6.09 Å². The van der Waals surface area contributed by atoms with Gasteiger partial charge in [0.1, 0.15) is 0 Å². The lowest BCUT2D eigenvalue weighted by Crippen LogP contribution is -2.28. The van der Waals surface area contributed by atoms with Crippen LogP contribution in [0, 0.1) is 0 Å². The van der Waals surface area contributed by atoms with Crippen LogP contribution < -0.4 is 0 Å². The fourth-order valence-corrected chi connectivity index (χ4v) is 1.63. The summed E-state index contributed by atoms with van der Waals surface area (Å²) in [5.41, 5.74) is 0. The van der Waals surface area contributed by atoms with Crippen molar-refractivity contribution in [3.05, 3.63) is 48.5 Å². The van der Waals surface area contributed by atoms with Gasteiger partial charge in [0.2, 0.25) is 0 Å². The maximum Gasteiger partial charge on any atom is 0.407 e. The summed E-state index contributed by atoms with van der Waals surface area (Å²) in [5.74, 6) is 0. The summed E-state index contributed by atoms with van der Waals surface area (Å²) in [4.78, 5) is 11.4. The summed E-state index contributed by atoms with van der Waals surface area (Å²) < 4.78 is 0. The highest BCUT2D eigenvalue weighted by Crippen LogP contribution is 2.11. The molecule has 0 saturated heterocycles. The number of carboxylic acid groups (broad SMARTS) is 1. The van der Waals surface area contributed by atoms with Gasteiger partial charge in [-0.1, -0.05) is 48.5 Å². The van der Waals surface area contributed by atoms with Gasteiger partial charge in [-0.3, -0.25) is 0 Å². The molecule has 0 spiro atoms. The molecule has 0 bridgehead atoms. The second-order valence-electron chi connectivity index (χ2n) is 3.80. The van der Waals surface area contributed by atoms with Gasteiger partial charge in [0.25, 0.3) is 0 Å². The Morgan fingerprint density at radius 1 is 0.944 bits per heavy atom. The second kappa shape index (κ2) is 7.33. The fourth-order valence-electron chi connectivity index (χ4n) is 1.63. The van der Waals surface area contributed by atoms with E-state index in [1.54, 1.807) is 0 Å². The van der Waals surface area contributed by atoms with E-state index in [4.69, 9.17) is 5.11 Å². The van der Waals surface area contributed by atoms with Gasteiger partial charge in [0.15, 0.2) is 0 Å². The predicted octanol–water partition coefficient (Wildman–Crippen LogP) is 3.85. The molecule has 0 heterocycles. The molecule has 2 aromatic rings. The number of amides is 1. The lowest BCUT2D eigenvalue weighted by molar-refractivity contribution is 0.150. The van der Waals surface area contributed by atoms with Crippen LogP contribution in [-0.4, -0.2) is 29.2 Å². The third kappa shape index (κ3) is 4.09. The van der Waals surface area contributed by atoms with Crippen molar-refractivity contribution in [1.29, 1.82) is 0 Å². The van der Waals surface area contributed by atoms with Crippen LogP contribution in [-0.2, 0) is 0 Å². The Kier molecular flexibility index (Phi) is 5.71. The second-order valence-corrected chi connectivity index (χ2v) is 3.80. The quantitative estimate of drug-likeness (QED) is 0.873. The first-order chi connectivity index (χ1) is 8.69. The lowest BCUT2D eigenvalue weighted by Gasteiger charge is -2.12. The summed E-state index contributed by atoms with van der Waals surface area (Å²) in [7, 11) is 0. The zero-order valence-corrected chi connectivity index (χ0v) is 10.8. The average molecular weight is 245 g/mol. The standard InChI is InChI=1S/C10H8.C5H11NO2/c1-2-6-10-8-4-3-7-9(10)5-1;1-3-6(4-2)5(7)8/h1-8H;3-4H2,1-2H3,(H,7,8). The average Bonchev–Trinajstić information content (AvgIpc) is 2.41. The molecule has 0 aliphatic heterocycles. The molecule has 0 aliphatic rings. The summed E-state index contributed by atoms with van der Waals surface area (Å²) in [5, 5.41) is 10.9. The summed E-state index contributed by atoms with van der Waals surface area (Å²) in [6, 6.07) is 16.7. The third-order valence-electron chi connectivity index (χ3n) is 2.69. The molecule has 0 unspecified atom stereocenters. The fraction of sp³-hybridized carbons (Fsp3) is 0.267. The molecule has 0 aromatic heterocycles. The van der Waals surface area contributed by atoms with E-state index in [1.165, 1.54) is 15.7 Å². The molecule has 2 aromatic carbocycles. The van der Waals surface area contributed by atoms with Gasteiger partial charge in [-0.25, -0.2) is 4.79 Å². The third-order valence-corrected chi connectivity index (χ3v) is 2.69. The van der Waals surface area contributed by atoms with Gasteiger partial charge in [0, 0.05) is 13.1 Å². The Balaban J connectivity index is 0.000000187. The van der Waals surface area contributed by atoms with E-state index in [0.717, 1.165) is 0 Å². The lowest BCUT2D eigenvalue weighted by atomic mass is 10.1. The van der Waals surface area contributed by atoms with Crippen molar-refractivity contribution >= 4 is 16.9 Å². The van der Waals surface area contributed by atoms with E-state index in [-0.39, 0.29) is 0 Å². The van der Waals surface area contributed by atoms with Crippen LogP contribution in [0.2, 0.25) is 0 Å². The molecule has 1 N–H and O–H groups in total. The smallest absolute Gasteiger partial charge is 0.407 e. The first-order valence-corrected chi connectivity index (χ1v) is 6.10. The van der Waals surface area contributed by atoms with Crippen molar-refractivity contribution in [2.45, 2.75) is 13.8 Å². The SMILES string of the molecule is CCN(CC)C(=O)O.c1ccc2ccccc2c1. The van der Waals surface area contributed by atoms with Crippen molar-refractivity contribution < 1.29 is 9.90 Å². The summed E-state index contributed by atoms with van der Waals surface area (Å²) in [6.07, 6.45) is -0.838. The molecular weight excluding hydrogens is 226 g/mol. The molecule has 0 atom stereocenters. The first-order valence-electron chi connectivity index (χ1n) is 6.10. The molecule has 3 nitrogen and oxygen atoms in total. The Hall–Kier alpha value is -2.03. The molecule has 96 valence electrons. The highest BCUT2D eigenvalue weighted by Gasteiger charge is 2.02. The van der Waals surface area contributed by atoms with Gasteiger partial charge in [0.05, 0.1) is 0 Å². The summed E-state index contributed by atoms with van der Waals surface area (Å²) >= 11 is 0. The van der Waals surface area contributed by atoms with Gasteiger partial charge >= 0.3 is 6.09 Å². The minimum absolute atomic E-state index is 0.575. The molecule has 0 radical (unpaired) electrons. The van der Waals surface area contributed by atoms with Crippen LogP contribution in [0.25, 0.3) is 10.8 Å². The molecule has 1 amide bonds. The van der Waals surface area contributed by atoms with Crippen molar-refractivity contribution in [1.82, 2.24) is 4.90 Å². The number of hydrogen-bond donors (Lipinski definition) is 1. The Bertz CT molecular complexity index is 427. The number of fused-ring (bicyclic) bond motifs is 1. The maximum absolute atomic E-state index is 10.1. The Labute approximate surface area is 108 Å². The van der Waals surface area contributed by atoms with Crippen LogP contribution >= 0.6 is 0 Å². The molecule has 3 heteroatoms. The number of carbonyl (C=O) groups is 1. The van der Waals surface area contributed by atoms with Crippen molar-refractivity contribution in [3.8, 4) is 0 Å². The minimum atomic E-state index is -0.838. The zero-order chi connectivity index (χ0) is 13.4. The minimum Gasteiger partial charge on any atom is -0.465 e. The summed E-state index contributed by atoms with van der Waals surface area (Å²) in [6.45, 7) is 4.78.